The molecule has 0 heterocycles. The van der Waals surface area contributed by atoms with Crippen LogP contribution < -0.4 is 10.6 Å². The summed E-state index contributed by atoms with van der Waals surface area (Å²) in [5.74, 6) is 0. The smallest absolute Gasteiger partial charge is 0.113 e. The lowest BCUT2D eigenvalue weighted by Gasteiger charge is -2.31. The highest BCUT2D eigenvalue weighted by Gasteiger charge is 2.21. The quantitative estimate of drug-likeness (QED) is 0.389. The zero-order valence-electron chi connectivity index (χ0n) is 14.8. The average Bonchev–Trinajstić information content (AvgIpc) is 2.36. The van der Waals surface area contributed by atoms with E-state index in [0.717, 1.165) is 30.8 Å². The maximum absolute atomic E-state index is 5.93. The van der Waals surface area contributed by atoms with E-state index in [1.54, 1.807) is 12.4 Å². The summed E-state index contributed by atoms with van der Waals surface area (Å²) in [6.45, 7) is 18.1. The van der Waals surface area contributed by atoms with Crippen molar-refractivity contribution in [3.05, 3.63) is 24.0 Å². The van der Waals surface area contributed by atoms with E-state index in [-0.39, 0.29) is 11.1 Å². The van der Waals surface area contributed by atoms with Crippen molar-refractivity contribution in [2.24, 2.45) is 10.4 Å². The normalized spacial score (nSPS) is 13.8. The van der Waals surface area contributed by atoms with Gasteiger partial charge in [0.15, 0.2) is 0 Å². The van der Waals surface area contributed by atoms with Crippen LogP contribution in [0.15, 0.2) is 29.0 Å². The minimum absolute atomic E-state index is 0.169. The van der Waals surface area contributed by atoms with Crippen molar-refractivity contribution in [2.45, 2.75) is 53.7 Å². The standard InChI is InChI=1S/C17H33N3O/c1-9-19-12-15(18-8)14(2)10-11-20-17(6,7)21-13-16(3,4)5/h9,12,18,20H,2,10-11,13H2,1,3-8H3/b15-12-,19-9-. The molecule has 4 nitrogen and oxygen atoms in total. The molecule has 0 aliphatic rings. The lowest BCUT2D eigenvalue weighted by Crippen LogP contribution is -2.44. The molecule has 0 atom stereocenters. The highest BCUT2D eigenvalue weighted by atomic mass is 16.5. The van der Waals surface area contributed by atoms with E-state index in [4.69, 9.17) is 4.74 Å². The van der Waals surface area contributed by atoms with Crippen LogP contribution >= 0.6 is 0 Å². The van der Waals surface area contributed by atoms with E-state index < -0.39 is 0 Å². The van der Waals surface area contributed by atoms with Gasteiger partial charge in [0.2, 0.25) is 0 Å². The summed E-state index contributed by atoms with van der Waals surface area (Å²) in [5, 5.41) is 6.54. The molecule has 0 aromatic carbocycles. The monoisotopic (exact) mass is 295 g/mol. The third-order valence-electron chi connectivity index (χ3n) is 2.85. The SMILES string of the molecule is C=C(CCNC(C)(C)OCC(C)(C)C)/C(=C/N=C\C)NC. The van der Waals surface area contributed by atoms with Gasteiger partial charge in [0.1, 0.15) is 5.72 Å². The number of hydrogen-bond acceptors (Lipinski definition) is 4. The average molecular weight is 295 g/mol. The van der Waals surface area contributed by atoms with E-state index in [0.29, 0.717) is 0 Å². The molecular formula is C17H33N3O. The highest BCUT2D eigenvalue weighted by molar-refractivity contribution is 5.54. The van der Waals surface area contributed by atoms with E-state index in [9.17, 15) is 0 Å². The van der Waals surface area contributed by atoms with Crippen LogP contribution in [0.4, 0.5) is 0 Å². The summed E-state index contributed by atoms with van der Waals surface area (Å²) < 4.78 is 5.93. The first kappa shape index (κ1) is 19.9. The van der Waals surface area contributed by atoms with Gasteiger partial charge in [-0.25, -0.2) is 0 Å². The van der Waals surface area contributed by atoms with Gasteiger partial charge in [-0.1, -0.05) is 27.4 Å². The number of nitrogens with one attached hydrogen (secondary N) is 2. The van der Waals surface area contributed by atoms with Gasteiger partial charge in [-0.05, 0) is 38.2 Å². The summed E-state index contributed by atoms with van der Waals surface area (Å²) in [6.07, 6.45) is 4.39. The van der Waals surface area contributed by atoms with Crippen LogP contribution in [0.2, 0.25) is 0 Å². The van der Waals surface area contributed by atoms with E-state index in [1.165, 1.54) is 0 Å². The number of likely N-dealkylation sites (N-methyl/N-ethyl adjacent to an activating group) is 1. The number of allylic oxidation sites excluding steroid dienone is 1. The second kappa shape index (κ2) is 9.00. The van der Waals surface area contributed by atoms with Crippen LogP contribution in [0.1, 0.15) is 48.0 Å². The Kier molecular flexibility index (Phi) is 8.52. The van der Waals surface area contributed by atoms with Crippen LogP contribution in [0.3, 0.4) is 0 Å². The molecule has 122 valence electrons. The van der Waals surface area contributed by atoms with E-state index >= 15 is 0 Å². The molecule has 0 rings (SSSR count). The zero-order chi connectivity index (χ0) is 16.5. The van der Waals surface area contributed by atoms with Gasteiger partial charge in [0.25, 0.3) is 0 Å². The zero-order valence-corrected chi connectivity index (χ0v) is 14.8. The minimum Gasteiger partial charge on any atom is -0.387 e. The van der Waals surface area contributed by atoms with Crippen molar-refractivity contribution < 1.29 is 4.74 Å². The molecule has 0 radical (unpaired) electrons. The Morgan fingerprint density at radius 1 is 1.24 bits per heavy atom. The van der Waals surface area contributed by atoms with Gasteiger partial charge >= 0.3 is 0 Å². The van der Waals surface area contributed by atoms with Crippen LogP contribution in [0.5, 0.6) is 0 Å². The molecule has 0 aromatic rings. The third kappa shape index (κ3) is 10.3. The molecule has 0 aromatic heterocycles. The Bertz CT molecular complexity index is 376. The van der Waals surface area contributed by atoms with Crippen LogP contribution in [-0.2, 0) is 4.74 Å². The van der Waals surface area contributed by atoms with Crippen molar-refractivity contribution in [2.75, 3.05) is 20.2 Å². The maximum atomic E-state index is 5.93. The van der Waals surface area contributed by atoms with Crippen molar-refractivity contribution in [1.82, 2.24) is 10.6 Å². The molecule has 0 saturated heterocycles. The summed E-state index contributed by atoms with van der Waals surface area (Å²) in [4.78, 5) is 4.12. The summed E-state index contributed by atoms with van der Waals surface area (Å²) >= 11 is 0. The highest BCUT2D eigenvalue weighted by Crippen LogP contribution is 2.17. The predicted molar refractivity (Wildman–Crippen MR) is 92.6 cm³/mol. The van der Waals surface area contributed by atoms with E-state index in [2.05, 4.69) is 56.8 Å². The molecule has 0 spiro atoms. The Morgan fingerprint density at radius 3 is 2.33 bits per heavy atom. The van der Waals surface area contributed by atoms with Gasteiger partial charge in [0.05, 0.1) is 12.3 Å². The van der Waals surface area contributed by atoms with Gasteiger partial charge in [-0.3, -0.25) is 10.3 Å². The second-order valence-electron chi connectivity index (χ2n) is 6.84. The third-order valence-corrected chi connectivity index (χ3v) is 2.85. The molecule has 0 saturated carbocycles. The Hall–Kier alpha value is -1.13. The fraction of sp³-hybridized carbons (Fsp3) is 0.706. The summed E-state index contributed by atoms with van der Waals surface area (Å²) in [5.41, 5.74) is 1.83. The second-order valence-corrected chi connectivity index (χ2v) is 6.84. The number of nitrogens with zero attached hydrogens (tertiary/aromatic N) is 1. The van der Waals surface area contributed by atoms with Crippen molar-refractivity contribution >= 4 is 6.21 Å². The molecule has 0 amide bonds. The van der Waals surface area contributed by atoms with E-state index in [1.807, 2.05) is 14.0 Å². The molecule has 0 bridgehead atoms. The topological polar surface area (TPSA) is 45.6 Å². The summed E-state index contributed by atoms with van der Waals surface area (Å²) in [6, 6.07) is 0. The number of rotatable bonds is 9. The van der Waals surface area contributed by atoms with Gasteiger partial charge < -0.3 is 10.1 Å². The Balaban J connectivity index is 4.25. The van der Waals surface area contributed by atoms with Crippen LogP contribution in [0, 0.1) is 5.41 Å². The molecule has 0 aliphatic heterocycles. The fourth-order valence-corrected chi connectivity index (χ4v) is 1.58. The van der Waals surface area contributed by atoms with Gasteiger partial charge in [0, 0.05) is 26.0 Å². The Labute approximate surface area is 130 Å². The van der Waals surface area contributed by atoms with Crippen molar-refractivity contribution in [3.63, 3.8) is 0 Å². The molecule has 0 fully saturated rings. The van der Waals surface area contributed by atoms with Crippen LogP contribution in [0.25, 0.3) is 0 Å². The first-order valence-corrected chi connectivity index (χ1v) is 7.54. The number of hydrogen-bond donors (Lipinski definition) is 2. The molecule has 0 unspecified atom stereocenters. The van der Waals surface area contributed by atoms with Gasteiger partial charge in [-0.15, -0.1) is 0 Å². The molecule has 4 heteroatoms. The lowest BCUT2D eigenvalue weighted by atomic mass is 9.98. The lowest BCUT2D eigenvalue weighted by molar-refractivity contribution is -0.0711. The first-order valence-electron chi connectivity index (χ1n) is 7.54. The summed E-state index contributed by atoms with van der Waals surface area (Å²) in [7, 11) is 1.88. The first-order chi connectivity index (χ1) is 9.61. The molecule has 0 aliphatic carbocycles. The minimum atomic E-state index is -0.335. The molecule has 21 heavy (non-hydrogen) atoms. The maximum Gasteiger partial charge on any atom is 0.113 e. The van der Waals surface area contributed by atoms with Crippen LogP contribution in [-0.4, -0.2) is 32.1 Å². The number of ether oxygens (including phenoxy) is 1. The Morgan fingerprint density at radius 2 is 1.86 bits per heavy atom. The molecular weight excluding hydrogens is 262 g/mol. The number of aliphatic imine (C=N–C) groups is 1. The van der Waals surface area contributed by atoms with Gasteiger partial charge in [-0.2, -0.15) is 0 Å². The fourth-order valence-electron chi connectivity index (χ4n) is 1.58. The van der Waals surface area contributed by atoms with Crippen molar-refractivity contribution in [1.29, 1.82) is 0 Å². The largest absolute Gasteiger partial charge is 0.387 e. The van der Waals surface area contributed by atoms with Crippen molar-refractivity contribution in [3.8, 4) is 0 Å². The molecule has 2 N–H and O–H groups in total. The predicted octanol–water partition coefficient (Wildman–Crippen LogP) is 3.47.